The first-order valence-corrected chi connectivity index (χ1v) is 31.4. The van der Waals surface area contributed by atoms with E-state index in [4.69, 9.17) is 27.7 Å². The number of hydrogen-bond acceptors (Lipinski definition) is 6. The van der Waals surface area contributed by atoms with Crippen molar-refractivity contribution in [1.82, 2.24) is 0 Å². The smallest absolute Gasteiger partial charge is 0.185 e. The monoisotopic (exact) mass is 683 g/mol. The van der Waals surface area contributed by atoms with E-state index in [1.165, 1.54) is 38.5 Å². The summed E-state index contributed by atoms with van der Waals surface area (Å²) >= 11 is 0. The molecular weight excluding hydrogens is 615 g/mol. The third kappa shape index (κ3) is 7.73. The maximum absolute atomic E-state index is 7.50. The summed E-state index contributed by atoms with van der Waals surface area (Å²) in [4.78, 5) is 5.62. The Morgan fingerprint density at radius 3 is 1.93 bits per heavy atom. The summed E-state index contributed by atoms with van der Waals surface area (Å²) in [5.41, 5.74) is 0.678. The first-order chi connectivity index (χ1) is 19.9. The molecule has 10 heteroatoms. The van der Waals surface area contributed by atoms with Crippen molar-refractivity contribution >= 4 is 39.0 Å². The molecule has 44 heavy (non-hydrogen) atoms. The van der Waals surface area contributed by atoms with Crippen LogP contribution in [0.3, 0.4) is 0 Å². The molecule has 4 aliphatic rings. The molecule has 0 radical (unpaired) electrons. The van der Waals surface area contributed by atoms with Crippen LogP contribution in [0, 0.1) is 34.5 Å². The van der Waals surface area contributed by atoms with E-state index in [0.717, 1.165) is 24.5 Å². The van der Waals surface area contributed by atoms with Crippen molar-refractivity contribution < 1.29 is 22.5 Å². The number of rotatable bonds is 11. The van der Waals surface area contributed by atoms with Crippen molar-refractivity contribution in [3.8, 4) is 0 Å². The normalized spacial score (nSPS) is 40.3. The molecule has 0 aromatic carbocycles. The molecule has 0 spiro atoms. The van der Waals surface area contributed by atoms with Crippen molar-refractivity contribution in [3.05, 3.63) is 0 Å². The summed E-state index contributed by atoms with van der Waals surface area (Å²) in [5, 5.41) is 4.79. The molecule has 256 valence electrons. The Kier molecular flexibility index (Phi) is 10.6. The minimum absolute atomic E-state index is 0.0970. The van der Waals surface area contributed by atoms with Gasteiger partial charge in [-0.25, -0.2) is 0 Å². The lowest BCUT2D eigenvalue weighted by atomic mass is 9.43. The molecule has 6 nitrogen and oxygen atoms in total. The Morgan fingerprint density at radius 1 is 0.750 bits per heavy atom. The van der Waals surface area contributed by atoms with Gasteiger partial charge in [-0.2, -0.15) is 0 Å². The average molecular weight is 684 g/mol. The molecule has 4 fully saturated rings. The van der Waals surface area contributed by atoms with Crippen molar-refractivity contribution in [3.63, 3.8) is 0 Å². The number of oxime groups is 1. The van der Waals surface area contributed by atoms with Crippen molar-refractivity contribution in [1.29, 1.82) is 0 Å². The molecule has 0 amide bonds. The van der Waals surface area contributed by atoms with Crippen LogP contribution in [0.25, 0.3) is 0 Å². The highest BCUT2D eigenvalue weighted by molar-refractivity contribution is 6.71. The zero-order chi connectivity index (χ0) is 33.1. The Balaban J connectivity index is 1.78. The molecule has 4 rings (SSSR count). The molecule has 0 bridgehead atoms. The molecule has 0 aliphatic heterocycles. The van der Waals surface area contributed by atoms with Crippen LogP contribution in [-0.4, -0.2) is 70.5 Å². The predicted octanol–water partition coefficient (Wildman–Crippen LogP) is 9.52. The fourth-order valence-corrected chi connectivity index (χ4v) is 14.7. The quantitative estimate of drug-likeness (QED) is 0.123. The lowest BCUT2D eigenvalue weighted by Gasteiger charge is -2.65. The summed E-state index contributed by atoms with van der Waals surface area (Å²) in [6, 6.07) is 0. The lowest BCUT2D eigenvalue weighted by Crippen LogP contribution is -2.66. The van der Waals surface area contributed by atoms with E-state index in [1.807, 2.05) is 0 Å². The maximum atomic E-state index is 7.50. The van der Waals surface area contributed by atoms with E-state index in [1.54, 1.807) is 7.11 Å². The number of nitrogens with zero attached hydrogens (tertiary/aromatic N) is 1. The van der Waals surface area contributed by atoms with Gasteiger partial charge in [-0.05, 0) is 159 Å². The fraction of sp³-hybridized carbons (Fsp3) is 0.971. The molecule has 0 aromatic heterocycles. The predicted molar refractivity (Wildman–Crippen MR) is 194 cm³/mol. The minimum atomic E-state index is -1.99. The lowest BCUT2D eigenvalue weighted by molar-refractivity contribution is -0.183. The van der Waals surface area contributed by atoms with Crippen molar-refractivity contribution in [2.45, 2.75) is 162 Å². The first-order valence-electron chi connectivity index (χ1n) is 17.7. The van der Waals surface area contributed by atoms with Crippen LogP contribution in [0.5, 0.6) is 0 Å². The van der Waals surface area contributed by atoms with Crippen LogP contribution >= 0.6 is 0 Å². The van der Waals surface area contributed by atoms with E-state index in [9.17, 15) is 0 Å². The van der Waals surface area contributed by atoms with E-state index in [0.29, 0.717) is 35.9 Å². The zero-order valence-corrected chi connectivity index (χ0v) is 35.3. The van der Waals surface area contributed by atoms with Crippen molar-refractivity contribution in [2.24, 2.45) is 39.7 Å². The summed E-state index contributed by atoms with van der Waals surface area (Å²) in [5.74, 6) is 2.52. The third-order valence-corrected chi connectivity index (χ3v) is 15.5. The largest absolute Gasteiger partial charge is 0.415 e. The molecule has 0 N–H and O–H groups in total. The van der Waals surface area contributed by atoms with E-state index in [-0.39, 0.29) is 11.5 Å². The second-order valence-corrected chi connectivity index (χ2v) is 37.2. The Hall–Kier alpha value is 0.178. The van der Waals surface area contributed by atoms with Gasteiger partial charge >= 0.3 is 0 Å². The van der Waals surface area contributed by atoms with Gasteiger partial charge in [0.25, 0.3) is 0 Å². The van der Waals surface area contributed by atoms with Gasteiger partial charge in [0.05, 0.1) is 6.61 Å². The summed E-state index contributed by atoms with van der Waals surface area (Å²) in [6.07, 6.45) is 10.2. The van der Waals surface area contributed by atoms with Crippen molar-refractivity contribution in [2.75, 3.05) is 13.7 Å². The highest BCUT2D eigenvalue weighted by Crippen LogP contribution is 2.70. The van der Waals surface area contributed by atoms with Gasteiger partial charge < -0.3 is 22.5 Å². The van der Waals surface area contributed by atoms with Crippen LogP contribution in [-0.2, 0) is 22.5 Å². The van der Waals surface area contributed by atoms with E-state index in [2.05, 4.69) is 92.4 Å². The minimum Gasteiger partial charge on any atom is -0.415 e. The molecule has 4 aliphatic carbocycles. The van der Waals surface area contributed by atoms with Gasteiger partial charge in [-0.1, -0.05) is 19.0 Å². The molecule has 0 saturated heterocycles. The highest BCUT2D eigenvalue weighted by Gasteiger charge is 2.70. The summed E-state index contributed by atoms with van der Waals surface area (Å²) in [6.45, 7) is 33.7. The maximum Gasteiger partial charge on any atom is 0.185 e. The van der Waals surface area contributed by atoms with Crippen LogP contribution in [0.2, 0.25) is 78.6 Å². The van der Waals surface area contributed by atoms with Gasteiger partial charge in [-0.3, -0.25) is 0 Å². The molecule has 9 atom stereocenters. The SMILES string of the molecule is CO/N=C(/CO[Si](C)(C)C)[C@]1(O[Si](C)(C)C)CC[C@H]2[C@@H]3CC[C@@H]4C[C@H](O[Si](C)(C)C)CC[C@]4(C)[C@H]3[C@@H](O[Si](C)(C)C)C[C@@]21C. The summed E-state index contributed by atoms with van der Waals surface area (Å²) in [7, 11) is -5.49. The standard InChI is InChI=1S/C34H69NO5Si4/c1-32-20-18-26(38-42(7,8)9)22-25(32)16-17-27-28-19-21-34(40-44(13,14)15,30(35-36-3)24-37-41(4,5)6)33(28,2)23-29(31(27)32)39-43(10,11)12/h25-29,31H,16-24H2,1-15H3/b35-30-/t25-,26-,27+,28+,29+,31-,32+,33+,34-/m1/s1. The molecular formula is C34H69NO5Si4. The van der Waals surface area contributed by atoms with Gasteiger partial charge in [-0.15, -0.1) is 0 Å². The molecule has 0 aromatic rings. The molecule has 0 unspecified atom stereocenters. The Morgan fingerprint density at radius 2 is 1.39 bits per heavy atom. The fourth-order valence-electron chi connectivity index (χ4n) is 10.3. The average Bonchev–Trinajstić information content (AvgIpc) is 3.10. The van der Waals surface area contributed by atoms with Gasteiger partial charge in [0.15, 0.2) is 33.3 Å². The first kappa shape index (κ1) is 37.0. The van der Waals surface area contributed by atoms with Crippen LogP contribution in [0.4, 0.5) is 0 Å². The Labute approximate surface area is 275 Å². The van der Waals surface area contributed by atoms with Crippen LogP contribution in [0.15, 0.2) is 5.16 Å². The third-order valence-electron chi connectivity index (χ3n) is 11.5. The summed E-state index contributed by atoms with van der Waals surface area (Å²) < 4.78 is 28.2. The van der Waals surface area contributed by atoms with Gasteiger partial charge in [0.2, 0.25) is 0 Å². The van der Waals surface area contributed by atoms with E-state index < -0.39 is 38.9 Å². The van der Waals surface area contributed by atoms with Crippen LogP contribution < -0.4 is 0 Å². The van der Waals surface area contributed by atoms with Crippen LogP contribution in [0.1, 0.15) is 65.2 Å². The molecule has 0 heterocycles. The second kappa shape index (κ2) is 12.6. The number of hydrogen-bond donors (Lipinski definition) is 0. The van der Waals surface area contributed by atoms with Gasteiger partial charge in [0.1, 0.15) is 18.4 Å². The van der Waals surface area contributed by atoms with Gasteiger partial charge in [0, 0.05) is 17.6 Å². The van der Waals surface area contributed by atoms with E-state index >= 15 is 0 Å². The zero-order valence-electron chi connectivity index (χ0n) is 31.3. The highest BCUT2D eigenvalue weighted by atomic mass is 28.4. The topological polar surface area (TPSA) is 58.5 Å². The number of fused-ring (bicyclic) bond motifs is 5. The molecule has 4 saturated carbocycles. The Bertz CT molecular complexity index is 1050. The second-order valence-electron chi connectivity index (χ2n) is 19.3.